The van der Waals surface area contributed by atoms with Gasteiger partial charge < -0.3 is 10.1 Å². The quantitative estimate of drug-likeness (QED) is 0.846. The predicted octanol–water partition coefficient (Wildman–Crippen LogP) is 0.996. The van der Waals surface area contributed by atoms with Crippen LogP contribution in [0.15, 0.2) is 24.3 Å². The number of hydrogen-bond donors (Lipinski definition) is 1. The molecule has 1 atom stereocenters. The van der Waals surface area contributed by atoms with Crippen LogP contribution in [0.1, 0.15) is 22.8 Å². The number of ether oxygens (including phenoxy) is 1. The fraction of sp³-hybridized carbons (Fsp3) is 0.462. The van der Waals surface area contributed by atoms with Crippen molar-refractivity contribution < 1.29 is 17.9 Å². The van der Waals surface area contributed by atoms with Crippen molar-refractivity contribution in [1.29, 1.82) is 0 Å². The lowest BCUT2D eigenvalue weighted by molar-refractivity contribution is 0.0905. The Labute approximate surface area is 113 Å². The van der Waals surface area contributed by atoms with Crippen LogP contribution in [0.5, 0.6) is 0 Å². The Morgan fingerprint density at radius 3 is 2.37 bits per heavy atom. The van der Waals surface area contributed by atoms with E-state index in [0.29, 0.717) is 17.7 Å². The first-order valence-corrected chi connectivity index (χ1v) is 7.94. The molecule has 19 heavy (non-hydrogen) atoms. The van der Waals surface area contributed by atoms with E-state index in [0.717, 1.165) is 0 Å². The normalized spacial score (nSPS) is 13.0. The van der Waals surface area contributed by atoms with Gasteiger partial charge in [0.2, 0.25) is 0 Å². The maximum absolute atomic E-state index is 11.8. The summed E-state index contributed by atoms with van der Waals surface area (Å²) in [5.74, 6) is -0.218. The van der Waals surface area contributed by atoms with Gasteiger partial charge in [-0.2, -0.15) is 0 Å². The van der Waals surface area contributed by atoms with Crippen molar-refractivity contribution in [2.45, 2.75) is 18.7 Å². The lowest BCUT2D eigenvalue weighted by atomic mass is 10.1. The molecule has 0 unspecified atom stereocenters. The van der Waals surface area contributed by atoms with Crippen LogP contribution in [0.4, 0.5) is 0 Å². The molecule has 0 saturated carbocycles. The van der Waals surface area contributed by atoms with Gasteiger partial charge in [0.15, 0.2) is 9.84 Å². The molecule has 0 radical (unpaired) electrons. The van der Waals surface area contributed by atoms with E-state index in [1.54, 1.807) is 31.4 Å². The van der Waals surface area contributed by atoms with Crippen LogP contribution in [0.2, 0.25) is 0 Å². The third-order valence-electron chi connectivity index (χ3n) is 2.44. The van der Waals surface area contributed by atoms with Crippen molar-refractivity contribution in [3.63, 3.8) is 0 Å². The number of rotatable bonds is 6. The summed E-state index contributed by atoms with van der Waals surface area (Å²) in [4.78, 5) is 11.8. The summed E-state index contributed by atoms with van der Waals surface area (Å²) in [6.07, 6.45) is 1.18. The van der Waals surface area contributed by atoms with Crippen molar-refractivity contribution in [3.05, 3.63) is 35.4 Å². The summed E-state index contributed by atoms with van der Waals surface area (Å²) in [5, 5.41) is 2.78. The number of sulfone groups is 1. The molecule has 0 aliphatic heterocycles. The van der Waals surface area contributed by atoms with Gasteiger partial charge in [-0.3, -0.25) is 4.79 Å². The summed E-state index contributed by atoms with van der Waals surface area (Å²) >= 11 is 0. The lowest BCUT2D eigenvalue weighted by Gasteiger charge is -2.12. The van der Waals surface area contributed by atoms with E-state index in [1.165, 1.54) is 6.26 Å². The molecule has 0 bridgehead atoms. The second kappa shape index (κ2) is 6.68. The maximum atomic E-state index is 11.8. The number of carbonyl (C=O) groups is 1. The summed E-state index contributed by atoms with van der Waals surface area (Å²) in [6, 6.07) is 6.46. The molecule has 1 aromatic rings. The Morgan fingerprint density at radius 2 is 1.89 bits per heavy atom. The Kier molecular flexibility index (Phi) is 5.50. The molecule has 6 heteroatoms. The highest BCUT2D eigenvalue weighted by Gasteiger charge is 2.10. The molecule has 0 saturated heterocycles. The zero-order valence-corrected chi connectivity index (χ0v) is 12.2. The van der Waals surface area contributed by atoms with Crippen LogP contribution in [0, 0.1) is 0 Å². The van der Waals surface area contributed by atoms with Gasteiger partial charge in [0.25, 0.3) is 5.91 Å². The van der Waals surface area contributed by atoms with Gasteiger partial charge in [-0.05, 0) is 24.6 Å². The monoisotopic (exact) mass is 285 g/mol. The molecule has 1 amide bonds. The van der Waals surface area contributed by atoms with Crippen molar-refractivity contribution >= 4 is 15.7 Å². The van der Waals surface area contributed by atoms with Gasteiger partial charge in [0.05, 0.1) is 12.4 Å². The van der Waals surface area contributed by atoms with Crippen molar-refractivity contribution in [3.8, 4) is 0 Å². The summed E-state index contributed by atoms with van der Waals surface area (Å²) in [6.45, 7) is 2.29. The molecule has 0 heterocycles. The lowest BCUT2D eigenvalue weighted by Crippen LogP contribution is -2.35. The van der Waals surface area contributed by atoms with Gasteiger partial charge in [-0.1, -0.05) is 12.1 Å². The average Bonchev–Trinajstić information content (AvgIpc) is 2.27. The first-order chi connectivity index (χ1) is 8.81. The van der Waals surface area contributed by atoms with Crippen molar-refractivity contribution in [1.82, 2.24) is 5.32 Å². The number of carbonyl (C=O) groups excluding carboxylic acids is 1. The van der Waals surface area contributed by atoms with Crippen molar-refractivity contribution in [2.75, 3.05) is 20.0 Å². The van der Waals surface area contributed by atoms with E-state index in [9.17, 15) is 13.2 Å². The Morgan fingerprint density at radius 1 is 1.32 bits per heavy atom. The molecule has 1 rings (SSSR count). The smallest absolute Gasteiger partial charge is 0.251 e. The highest BCUT2D eigenvalue weighted by molar-refractivity contribution is 7.89. The molecule has 5 nitrogen and oxygen atoms in total. The molecule has 0 aliphatic carbocycles. The van der Waals surface area contributed by atoms with Gasteiger partial charge in [0, 0.05) is 25.0 Å². The van der Waals surface area contributed by atoms with Crippen LogP contribution in [-0.2, 0) is 20.3 Å². The maximum Gasteiger partial charge on any atom is 0.251 e. The van der Waals surface area contributed by atoms with E-state index < -0.39 is 9.84 Å². The third kappa shape index (κ3) is 5.85. The summed E-state index contributed by atoms with van der Waals surface area (Å²) in [7, 11) is -1.48. The highest BCUT2D eigenvalue weighted by Crippen LogP contribution is 2.08. The Bertz CT molecular complexity index is 522. The molecule has 1 N–H and O–H groups in total. The fourth-order valence-corrected chi connectivity index (χ4v) is 2.45. The second-order valence-corrected chi connectivity index (χ2v) is 6.74. The van der Waals surface area contributed by atoms with Crippen molar-refractivity contribution in [2.24, 2.45) is 0 Å². The molecule has 1 aromatic carbocycles. The van der Waals surface area contributed by atoms with Gasteiger partial charge in [-0.15, -0.1) is 0 Å². The fourth-order valence-electron chi connectivity index (χ4n) is 1.65. The minimum absolute atomic E-state index is 0.0189. The van der Waals surface area contributed by atoms with Crippen LogP contribution < -0.4 is 5.32 Å². The third-order valence-corrected chi connectivity index (χ3v) is 3.30. The molecular weight excluding hydrogens is 266 g/mol. The molecule has 0 aromatic heterocycles. The van der Waals surface area contributed by atoms with Gasteiger partial charge in [0.1, 0.15) is 0 Å². The second-order valence-electron chi connectivity index (χ2n) is 4.60. The number of benzene rings is 1. The Hall–Kier alpha value is -1.40. The average molecular weight is 285 g/mol. The molecule has 0 spiro atoms. The zero-order chi connectivity index (χ0) is 14.5. The van der Waals surface area contributed by atoms with E-state index in [4.69, 9.17) is 4.74 Å². The van der Waals surface area contributed by atoms with E-state index >= 15 is 0 Å². The molecule has 0 aliphatic rings. The number of hydrogen-bond acceptors (Lipinski definition) is 4. The van der Waals surface area contributed by atoms with E-state index in [-0.39, 0.29) is 17.7 Å². The number of methoxy groups -OCH3 is 1. The molecular formula is C13H19NO4S. The van der Waals surface area contributed by atoms with Crippen LogP contribution in [0.25, 0.3) is 0 Å². The molecule has 106 valence electrons. The van der Waals surface area contributed by atoms with Crippen LogP contribution in [0.3, 0.4) is 0 Å². The minimum Gasteiger partial charge on any atom is -0.383 e. The first kappa shape index (κ1) is 15.7. The summed E-state index contributed by atoms with van der Waals surface area (Å²) in [5.41, 5.74) is 1.17. The minimum atomic E-state index is -3.05. The largest absolute Gasteiger partial charge is 0.383 e. The van der Waals surface area contributed by atoms with Crippen LogP contribution >= 0.6 is 0 Å². The summed E-state index contributed by atoms with van der Waals surface area (Å²) < 4.78 is 27.2. The standard InChI is InChI=1S/C13H19NO4S/c1-10(8-18-2)14-13(15)12-6-4-11(5-7-12)9-19(3,16)17/h4-7,10H,8-9H2,1-3H3,(H,14,15)/t10-/m1/s1. The van der Waals surface area contributed by atoms with E-state index in [2.05, 4.69) is 5.32 Å². The number of nitrogens with one attached hydrogen (secondary N) is 1. The highest BCUT2D eigenvalue weighted by atomic mass is 32.2. The van der Waals surface area contributed by atoms with Crippen LogP contribution in [-0.4, -0.2) is 40.3 Å². The number of amides is 1. The van der Waals surface area contributed by atoms with Gasteiger partial charge in [-0.25, -0.2) is 8.42 Å². The zero-order valence-electron chi connectivity index (χ0n) is 11.3. The Balaban J connectivity index is 2.68. The topological polar surface area (TPSA) is 72.5 Å². The molecule has 0 fully saturated rings. The predicted molar refractivity (Wildman–Crippen MR) is 73.8 cm³/mol. The van der Waals surface area contributed by atoms with Gasteiger partial charge >= 0.3 is 0 Å². The van der Waals surface area contributed by atoms with E-state index in [1.807, 2.05) is 6.92 Å². The first-order valence-electron chi connectivity index (χ1n) is 5.88. The SMILES string of the molecule is COC[C@@H](C)NC(=O)c1ccc(CS(C)(=O)=O)cc1.